The smallest absolute Gasteiger partial charge is 0.123 e. The summed E-state index contributed by atoms with van der Waals surface area (Å²) in [4.78, 5) is 3.04. The average molecular weight is 476 g/mol. The van der Waals surface area contributed by atoms with Gasteiger partial charge in [-0.2, -0.15) is 0 Å². The van der Waals surface area contributed by atoms with Crippen LogP contribution in [0.2, 0.25) is 0 Å². The zero-order valence-corrected chi connectivity index (χ0v) is 20.3. The number of rotatable bonds is 4. The van der Waals surface area contributed by atoms with Crippen LogP contribution in [-0.4, -0.2) is 28.8 Å². The van der Waals surface area contributed by atoms with Crippen LogP contribution in [0.25, 0.3) is 0 Å². The maximum Gasteiger partial charge on any atom is 0.123 e. The van der Waals surface area contributed by atoms with Gasteiger partial charge in [0.1, 0.15) is 5.82 Å². The van der Waals surface area contributed by atoms with Crippen molar-refractivity contribution in [3.63, 3.8) is 0 Å². The Balaban J connectivity index is 1.42. The van der Waals surface area contributed by atoms with E-state index < -0.39 is 0 Å². The molecule has 0 bridgehead atoms. The molecule has 0 aromatic heterocycles. The molecule has 3 aromatic carbocycles. The number of hydrogen-bond acceptors (Lipinski definition) is 5. The first-order chi connectivity index (χ1) is 15.9. The van der Waals surface area contributed by atoms with Crippen LogP contribution in [0.15, 0.2) is 75.4 Å². The third-order valence-corrected chi connectivity index (χ3v) is 8.20. The van der Waals surface area contributed by atoms with E-state index in [1.54, 1.807) is 24.1 Å². The van der Waals surface area contributed by atoms with Gasteiger partial charge in [-0.15, -0.1) is 0 Å². The Bertz CT molecular complexity index is 1230. The molecule has 3 aromatic rings. The Hall–Kier alpha value is -2.41. The highest BCUT2D eigenvalue weighted by Crippen LogP contribution is 2.36. The molecule has 2 N–H and O–H groups in total. The third kappa shape index (κ3) is 4.65. The largest absolute Gasteiger partial charge is 0.300 e. The third-order valence-electron chi connectivity index (χ3n) is 6.18. The zero-order valence-electron chi connectivity index (χ0n) is 18.7. The van der Waals surface area contributed by atoms with E-state index in [4.69, 9.17) is 10.8 Å². The molecule has 0 unspecified atom stereocenters. The number of nitrogens with zero attached hydrogens (tertiary/aromatic N) is 1. The molecule has 0 saturated carbocycles. The predicted octanol–water partition coefficient (Wildman–Crippen LogP) is 7.11. The summed E-state index contributed by atoms with van der Waals surface area (Å²) >= 11 is 3.30. The van der Waals surface area contributed by atoms with Crippen molar-refractivity contribution in [3.8, 4) is 0 Å². The molecule has 168 valence electrons. The molecule has 0 spiro atoms. The molecule has 1 aliphatic heterocycles. The van der Waals surface area contributed by atoms with Crippen molar-refractivity contribution in [3.05, 3.63) is 88.7 Å². The van der Waals surface area contributed by atoms with E-state index in [-0.39, 0.29) is 5.82 Å². The van der Waals surface area contributed by atoms with Crippen LogP contribution < -0.4 is 0 Å². The van der Waals surface area contributed by atoms with Gasteiger partial charge in [0.05, 0.1) is 11.4 Å². The minimum Gasteiger partial charge on any atom is -0.300 e. The van der Waals surface area contributed by atoms with Crippen molar-refractivity contribution in [2.24, 2.45) is 11.8 Å². The van der Waals surface area contributed by atoms with E-state index in [1.165, 1.54) is 30.3 Å². The maximum absolute atomic E-state index is 13.2. The van der Waals surface area contributed by atoms with Crippen molar-refractivity contribution in [2.75, 3.05) is 13.1 Å². The standard InChI is InChI=1S/C27H26FN3S2/c1-16-11-17(2)15-31(14-16)33-21-8-10-23-25(13-21)27(30)24-12-20(7-9-22(24)26(23)29)32-19-5-3-18(28)4-6-19/h3-10,12-13,16-17,29-30H,11,14-15H2,1-2H3/t16-,17+. The summed E-state index contributed by atoms with van der Waals surface area (Å²) in [6.45, 7) is 6.77. The molecule has 2 atom stereocenters. The van der Waals surface area contributed by atoms with Crippen molar-refractivity contribution in [1.82, 2.24) is 4.31 Å². The summed E-state index contributed by atoms with van der Waals surface area (Å²) in [6.07, 6.45) is 1.28. The summed E-state index contributed by atoms with van der Waals surface area (Å²) in [5, 5.41) is 17.7. The molecular weight excluding hydrogens is 449 g/mol. The molecule has 1 heterocycles. The monoisotopic (exact) mass is 475 g/mol. The lowest BCUT2D eigenvalue weighted by molar-refractivity contribution is 0.237. The summed E-state index contributed by atoms with van der Waals surface area (Å²) in [7, 11) is 0. The molecule has 6 heteroatoms. The first kappa shape index (κ1) is 22.4. The van der Waals surface area contributed by atoms with Gasteiger partial charge >= 0.3 is 0 Å². The number of hydrogen-bond donors (Lipinski definition) is 2. The van der Waals surface area contributed by atoms with Crippen LogP contribution >= 0.6 is 23.7 Å². The molecule has 1 fully saturated rings. The molecular formula is C27H26FN3S2. The summed E-state index contributed by atoms with van der Waals surface area (Å²) in [5.74, 6) is 1.13. The maximum atomic E-state index is 13.2. The summed E-state index contributed by atoms with van der Waals surface area (Å²) < 4.78 is 15.7. The Labute approximate surface area is 202 Å². The van der Waals surface area contributed by atoms with Crippen molar-refractivity contribution >= 4 is 35.1 Å². The molecule has 33 heavy (non-hydrogen) atoms. The van der Waals surface area contributed by atoms with Crippen LogP contribution in [0.1, 0.15) is 42.5 Å². The fourth-order valence-corrected chi connectivity index (χ4v) is 6.89. The van der Waals surface area contributed by atoms with Crippen molar-refractivity contribution in [1.29, 1.82) is 10.8 Å². The lowest BCUT2D eigenvalue weighted by Gasteiger charge is -2.34. The van der Waals surface area contributed by atoms with Crippen LogP contribution in [0, 0.1) is 28.5 Å². The van der Waals surface area contributed by atoms with E-state index in [2.05, 4.69) is 30.3 Å². The number of fused-ring (bicyclic) bond motifs is 2. The Morgan fingerprint density at radius 3 is 1.88 bits per heavy atom. The van der Waals surface area contributed by atoms with Gasteiger partial charge in [-0.05, 0) is 78.7 Å². The van der Waals surface area contributed by atoms with Gasteiger partial charge in [-0.1, -0.05) is 37.7 Å². The first-order valence-electron chi connectivity index (χ1n) is 11.2. The Kier molecular flexibility index (Phi) is 6.16. The van der Waals surface area contributed by atoms with E-state index in [0.29, 0.717) is 23.3 Å². The molecule has 2 aliphatic rings. The van der Waals surface area contributed by atoms with E-state index in [0.717, 1.165) is 50.0 Å². The SMILES string of the molecule is C[C@@H]1C[C@H](C)CN(Sc2ccc3c(c2)C(=N)c2cc(Sc4ccc(F)cc4)ccc2C3=N)C1. The molecule has 1 aliphatic carbocycles. The molecule has 0 radical (unpaired) electrons. The highest BCUT2D eigenvalue weighted by atomic mass is 32.2. The van der Waals surface area contributed by atoms with E-state index in [9.17, 15) is 4.39 Å². The number of benzene rings is 3. The second-order valence-corrected chi connectivity index (χ2v) is 11.4. The van der Waals surface area contributed by atoms with Crippen LogP contribution in [0.5, 0.6) is 0 Å². The van der Waals surface area contributed by atoms with Crippen molar-refractivity contribution in [2.45, 2.75) is 35.0 Å². The zero-order chi connectivity index (χ0) is 23.1. The fraction of sp³-hybridized carbons (Fsp3) is 0.259. The van der Waals surface area contributed by atoms with E-state index >= 15 is 0 Å². The van der Waals surface area contributed by atoms with Gasteiger partial charge in [0.2, 0.25) is 0 Å². The Morgan fingerprint density at radius 1 is 0.727 bits per heavy atom. The second kappa shape index (κ2) is 9.09. The van der Waals surface area contributed by atoms with Crippen molar-refractivity contribution < 1.29 is 4.39 Å². The van der Waals surface area contributed by atoms with E-state index in [1.807, 2.05) is 24.3 Å². The normalized spacial score (nSPS) is 20.5. The second-order valence-electron chi connectivity index (χ2n) is 9.11. The fourth-order valence-electron chi connectivity index (χ4n) is 4.77. The van der Waals surface area contributed by atoms with Gasteiger partial charge in [0.25, 0.3) is 0 Å². The summed E-state index contributed by atoms with van der Waals surface area (Å²) in [6, 6.07) is 18.5. The number of halogens is 1. The van der Waals surface area contributed by atoms with Crippen LogP contribution in [0.3, 0.4) is 0 Å². The molecule has 3 nitrogen and oxygen atoms in total. The highest BCUT2D eigenvalue weighted by Gasteiger charge is 2.27. The van der Waals surface area contributed by atoms with Gasteiger partial charge in [0.15, 0.2) is 0 Å². The lowest BCUT2D eigenvalue weighted by Crippen LogP contribution is -2.33. The van der Waals surface area contributed by atoms with Gasteiger partial charge in [-0.25, -0.2) is 8.70 Å². The highest BCUT2D eigenvalue weighted by molar-refractivity contribution is 7.99. The van der Waals surface area contributed by atoms with Gasteiger partial charge in [0, 0.05) is 50.0 Å². The number of piperidine rings is 1. The molecule has 1 saturated heterocycles. The predicted molar refractivity (Wildman–Crippen MR) is 136 cm³/mol. The lowest BCUT2D eigenvalue weighted by atomic mass is 9.83. The number of nitrogens with one attached hydrogen (secondary N) is 2. The topological polar surface area (TPSA) is 50.9 Å². The quantitative estimate of drug-likeness (QED) is 0.309. The summed E-state index contributed by atoms with van der Waals surface area (Å²) in [5.41, 5.74) is 4.12. The molecule has 5 rings (SSSR count). The first-order valence-corrected chi connectivity index (χ1v) is 12.8. The molecule has 0 amide bonds. The van der Waals surface area contributed by atoms with Crippen LogP contribution in [-0.2, 0) is 0 Å². The van der Waals surface area contributed by atoms with Crippen LogP contribution in [0.4, 0.5) is 4.39 Å². The average Bonchev–Trinajstić information content (AvgIpc) is 2.78. The van der Waals surface area contributed by atoms with Gasteiger partial charge < -0.3 is 0 Å². The minimum absolute atomic E-state index is 0.251. The van der Waals surface area contributed by atoms with Gasteiger partial charge in [-0.3, -0.25) is 10.8 Å². The Morgan fingerprint density at radius 2 is 1.24 bits per heavy atom. The minimum atomic E-state index is -0.251.